The number of sulfonamides is 1. The van der Waals surface area contributed by atoms with Crippen LogP contribution in [0.15, 0.2) is 42.5 Å². The first kappa shape index (κ1) is 29.2. The number of halogens is 1. The first-order chi connectivity index (χ1) is 18.0. The predicted molar refractivity (Wildman–Crippen MR) is 143 cm³/mol. The minimum atomic E-state index is -3.64. The molecule has 2 amide bonds. The highest BCUT2D eigenvalue weighted by Crippen LogP contribution is 2.36. The number of anilines is 1. The lowest BCUT2D eigenvalue weighted by atomic mass is 10.1. The quantitative estimate of drug-likeness (QED) is 0.409. The zero-order valence-electron chi connectivity index (χ0n) is 22.3. The Hall–Kier alpha value is -3.34. The van der Waals surface area contributed by atoms with Crippen LogP contribution in [0.1, 0.15) is 45.6 Å². The molecule has 0 aliphatic carbocycles. The molecule has 0 spiro atoms. The van der Waals surface area contributed by atoms with Crippen molar-refractivity contribution < 1.29 is 31.9 Å². The summed E-state index contributed by atoms with van der Waals surface area (Å²) in [6.07, 6.45) is 1.74. The summed E-state index contributed by atoms with van der Waals surface area (Å²) in [6, 6.07) is 9.94. The molecule has 0 saturated heterocycles. The van der Waals surface area contributed by atoms with Crippen molar-refractivity contribution in [3.05, 3.63) is 53.8 Å². The third-order valence-electron chi connectivity index (χ3n) is 6.13. The van der Waals surface area contributed by atoms with Crippen LogP contribution in [-0.4, -0.2) is 57.3 Å². The second-order valence-corrected chi connectivity index (χ2v) is 11.6. The number of nitrogens with zero attached hydrogens (tertiary/aromatic N) is 2. The SMILES string of the molecule is CCC(C(=O)NCC(C)C)N(Cc1ccc(F)cc1)C(=O)CCCN(c1ccc2c(c1)OCO2)S(C)(=O)=O. The Morgan fingerprint density at radius 3 is 2.39 bits per heavy atom. The Kier molecular flexibility index (Phi) is 9.96. The Morgan fingerprint density at radius 2 is 1.76 bits per heavy atom. The van der Waals surface area contributed by atoms with Gasteiger partial charge in [-0.05, 0) is 48.6 Å². The van der Waals surface area contributed by atoms with E-state index in [-0.39, 0.29) is 50.5 Å². The largest absolute Gasteiger partial charge is 0.454 e. The van der Waals surface area contributed by atoms with Gasteiger partial charge in [-0.1, -0.05) is 32.9 Å². The summed E-state index contributed by atoms with van der Waals surface area (Å²) in [5, 5.41) is 2.90. The average molecular weight is 550 g/mol. The Labute approximate surface area is 224 Å². The minimum absolute atomic E-state index is 0.0196. The Morgan fingerprint density at radius 1 is 1.08 bits per heavy atom. The van der Waals surface area contributed by atoms with Gasteiger partial charge in [0, 0.05) is 32.1 Å². The van der Waals surface area contributed by atoms with Gasteiger partial charge in [-0.25, -0.2) is 12.8 Å². The van der Waals surface area contributed by atoms with Crippen LogP contribution in [0.25, 0.3) is 0 Å². The molecule has 0 saturated carbocycles. The van der Waals surface area contributed by atoms with E-state index in [1.165, 1.54) is 21.3 Å². The van der Waals surface area contributed by atoms with Crippen LogP contribution < -0.4 is 19.1 Å². The number of ether oxygens (including phenoxy) is 2. The standard InChI is InChI=1S/C27H36FN3O6S/c1-5-23(27(33)29-16-19(2)3)30(17-20-8-10-21(28)11-9-20)26(32)7-6-14-31(38(4,34)35)22-12-13-24-25(15-22)37-18-36-24/h8-13,15,19,23H,5-7,14,16-18H2,1-4H3,(H,29,33). The van der Waals surface area contributed by atoms with E-state index >= 15 is 0 Å². The van der Waals surface area contributed by atoms with Crippen LogP contribution in [0.4, 0.5) is 10.1 Å². The lowest BCUT2D eigenvalue weighted by Crippen LogP contribution is -2.49. The molecule has 0 radical (unpaired) electrons. The van der Waals surface area contributed by atoms with Crippen LogP contribution in [0, 0.1) is 11.7 Å². The maximum atomic E-state index is 13.5. The van der Waals surface area contributed by atoms with Crippen LogP contribution >= 0.6 is 0 Å². The molecule has 38 heavy (non-hydrogen) atoms. The highest BCUT2D eigenvalue weighted by atomic mass is 32.2. The van der Waals surface area contributed by atoms with E-state index < -0.39 is 21.9 Å². The van der Waals surface area contributed by atoms with Crippen LogP contribution in [0.5, 0.6) is 11.5 Å². The molecule has 1 unspecified atom stereocenters. The first-order valence-electron chi connectivity index (χ1n) is 12.7. The first-order valence-corrected chi connectivity index (χ1v) is 14.5. The summed E-state index contributed by atoms with van der Waals surface area (Å²) in [4.78, 5) is 27.9. The normalized spacial score (nSPS) is 13.3. The topological polar surface area (TPSA) is 105 Å². The van der Waals surface area contributed by atoms with Gasteiger partial charge in [-0.15, -0.1) is 0 Å². The molecule has 2 aromatic carbocycles. The number of carbonyl (C=O) groups excluding carboxylic acids is 2. The molecule has 3 rings (SSSR count). The molecule has 208 valence electrons. The minimum Gasteiger partial charge on any atom is -0.454 e. The molecule has 1 heterocycles. The van der Waals surface area contributed by atoms with Crippen molar-refractivity contribution in [2.45, 2.75) is 52.6 Å². The van der Waals surface area contributed by atoms with Crippen LogP contribution in [-0.2, 0) is 26.2 Å². The number of hydrogen-bond donors (Lipinski definition) is 1. The van der Waals surface area contributed by atoms with E-state index in [1.807, 2.05) is 20.8 Å². The van der Waals surface area contributed by atoms with Gasteiger partial charge in [0.2, 0.25) is 28.6 Å². The third-order valence-corrected chi connectivity index (χ3v) is 7.33. The maximum absolute atomic E-state index is 13.5. The van der Waals surface area contributed by atoms with Crippen molar-refractivity contribution >= 4 is 27.5 Å². The molecule has 1 aliphatic rings. The van der Waals surface area contributed by atoms with Crippen LogP contribution in [0.3, 0.4) is 0 Å². The summed E-state index contributed by atoms with van der Waals surface area (Å²) < 4.78 is 50.5. The highest BCUT2D eigenvalue weighted by Gasteiger charge is 2.29. The fourth-order valence-electron chi connectivity index (χ4n) is 4.17. The zero-order chi connectivity index (χ0) is 27.9. The van der Waals surface area contributed by atoms with Gasteiger partial charge < -0.3 is 19.7 Å². The molecule has 0 aromatic heterocycles. The summed E-state index contributed by atoms with van der Waals surface area (Å²) in [5.74, 6) is 0.300. The van der Waals surface area contributed by atoms with Gasteiger partial charge in [0.05, 0.1) is 11.9 Å². The van der Waals surface area contributed by atoms with Crippen LogP contribution in [0.2, 0.25) is 0 Å². The predicted octanol–water partition coefficient (Wildman–Crippen LogP) is 3.68. The second-order valence-electron chi connectivity index (χ2n) is 9.69. The van der Waals surface area contributed by atoms with Gasteiger partial charge in [0.1, 0.15) is 11.9 Å². The molecule has 0 bridgehead atoms. The van der Waals surface area contributed by atoms with E-state index in [2.05, 4.69) is 5.32 Å². The van der Waals surface area contributed by atoms with Crippen molar-refractivity contribution in [3.63, 3.8) is 0 Å². The maximum Gasteiger partial charge on any atom is 0.242 e. The smallest absolute Gasteiger partial charge is 0.242 e. The molecule has 11 heteroatoms. The number of nitrogens with one attached hydrogen (secondary N) is 1. The summed E-state index contributed by atoms with van der Waals surface area (Å²) in [5.41, 5.74) is 1.10. The molecule has 2 aromatic rings. The fourth-order valence-corrected chi connectivity index (χ4v) is 5.13. The van der Waals surface area contributed by atoms with E-state index in [1.54, 1.807) is 30.3 Å². The average Bonchev–Trinajstić information content (AvgIpc) is 3.33. The van der Waals surface area contributed by atoms with Gasteiger partial charge in [0.15, 0.2) is 11.5 Å². The number of rotatable bonds is 13. The lowest BCUT2D eigenvalue weighted by Gasteiger charge is -2.31. The van der Waals surface area contributed by atoms with Gasteiger partial charge in [-0.3, -0.25) is 13.9 Å². The van der Waals surface area contributed by atoms with E-state index in [0.717, 1.165) is 6.26 Å². The van der Waals surface area contributed by atoms with Gasteiger partial charge >= 0.3 is 0 Å². The highest BCUT2D eigenvalue weighted by molar-refractivity contribution is 7.92. The summed E-state index contributed by atoms with van der Waals surface area (Å²) in [7, 11) is -3.64. The molecule has 1 atom stereocenters. The van der Waals surface area contributed by atoms with Gasteiger partial charge in [0.25, 0.3) is 0 Å². The molecular weight excluding hydrogens is 513 g/mol. The second kappa shape index (κ2) is 12.9. The Bertz CT molecular complexity index is 1220. The molecule has 9 nitrogen and oxygen atoms in total. The van der Waals surface area contributed by atoms with Gasteiger partial charge in [-0.2, -0.15) is 0 Å². The molecule has 1 N–H and O–H groups in total. The monoisotopic (exact) mass is 549 g/mol. The van der Waals surface area contributed by atoms with Crippen molar-refractivity contribution in [1.29, 1.82) is 0 Å². The molecule has 1 aliphatic heterocycles. The Balaban J connectivity index is 1.75. The summed E-state index contributed by atoms with van der Waals surface area (Å²) >= 11 is 0. The number of hydrogen-bond acceptors (Lipinski definition) is 6. The number of fused-ring (bicyclic) bond motifs is 1. The summed E-state index contributed by atoms with van der Waals surface area (Å²) in [6.45, 7) is 6.53. The van der Waals surface area contributed by atoms with Crippen molar-refractivity contribution in [1.82, 2.24) is 10.2 Å². The lowest BCUT2D eigenvalue weighted by molar-refractivity contribution is -0.141. The zero-order valence-corrected chi connectivity index (χ0v) is 23.1. The number of amides is 2. The number of benzene rings is 2. The molecule has 0 fully saturated rings. The molecular formula is C27H36FN3O6S. The van der Waals surface area contributed by atoms with Crippen molar-refractivity contribution in [3.8, 4) is 11.5 Å². The van der Waals surface area contributed by atoms with E-state index in [0.29, 0.717) is 35.7 Å². The third kappa shape index (κ3) is 7.83. The van der Waals surface area contributed by atoms with E-state index in [4.69, 9.17) is 9.47 Å². The number of carbonyl (C=O) groups is 2. The fraction of sp³-hybridized carbons (Fsp3) is 0.481. The van der Waals surface area contributed by atoms with Crippen molar-refractivity contribution in [2.75, 3.05) is 30.4 Å². The van der Waals surface area contributed by atoms with Crippen molar-refractivity contribution in [2.24, 2.45) is 5.92 Å². The van der Waals surface area contributed by atoms with E-state index in [9.17, 15) is 22.4 Å².